The minimum absolute atomic E-state index is 0.232. The van der Waals surface area contributed by atoms with Gasteiger partial charge in [0.2, 0.25) is 0 Å². The van der Waals surface area contributed by atoms with Crippen molar-refractivity contribution in [3.63, 3.8) is 0 Å². The molecule has 0 amide bonds. The highest BCUT2D eigenvalue weighted by molar-refractivity contribution is 5.65. The van der Waals surface area contributed by atoms with Gasteiger partial charge in [-0.3, -0.25) is 0 Å². The number of fused-ring (bicyclic) bond motifs is 1. The molecule has 2 N–H and O–H groups in total. The quantitative estimate of drug-likeness (QED) is 0.887. The van der Waals surface area contributed by atoms with E-state index in [1.807, 2.05) is 35.0 Å². The maximum atomic E-state index is 9.41. The molecule has 0 saturated carbocycles. The molecule has 0 aliphatic carbocycles. The molecule has 0 fully saturated rings. The van der Waals surface area contributed by atoms with Crippen LogP contribution in [0, 0.1) is 17.2 Å². The van der Waals surface area contributed by atoms with E-state index in [-0.39, 0.29) is 6.04 Å². The van der Waals surface area contributed by atoms with Gasteiger partial charge in [0.05, 0.1) is 11.1 Å². The molecular formula is C17H24N4. The number of aromatic nitrogens is 1. The summed E-state index contributed by atoms with van der Waals surface area (Å²) in [5.41, 5.74) is 8.91. The molecule has 2 rings (SSSR count). The van der Waals surface area contributed by atoms with E-state index in [1.54, 1.807) is 0 Å². The minimum Gasteiger partial charge on any atom is -0.327 e. The maximum absolute atomic E-state index is 9.41. The Morgan fingerprint density at radius 2 is 2.14 bits per heavy atom. The van der Waals surface area contributed by atoms with Crippen LogP contribution in [0.5, 0.6) is 0 Å². The highest BCUT2D eigenvalue weighted by atomic mass is 15.1. The molecule has 0 aliphatic rings. The lowest BCUT2D eigenvalue weighted by Crippen LogP contribution is -2.31. The molecular weight excluding hydrogens is 260 g/mol. The van der Waals surface area contributed by atoms with E-state index >= 15 is 0 Å². The molecule has 0 aliphatic heterocycles. The Morgan fingerprint density at radius 3 is 2.81 bits per heavy atom. The second kappa shape index (κ2) is 6.75. The number of hydrogen-bond acceptors (Lipinski definition) is 3. The van der Waals surface area contributed by atoms with Gasteiger partial charge < -0.3 is 15.0 Å². The van der Waals surface area contributed by atoms with Crippen LogP contribution in [-0.2, 0) is 6.54 Å². The Balaban J connectivity index is 2.07. The number of nitriles is 1. The van der Waals surface area contributed by atoms with Crippen LogP contribution in [0.25, 0.3) is 5.52 Å². The molecule has 0 bridgehead atoms. The summed E-state index contributed by atoms with van der Waals surface area (Å²) in [6.45, 7) is 6.02. The van der Waals surface area contributed by atoms with Crippen LogP contribution in [0.15, 0.2) is 30.6 Å². The fourth-order valence-corrected chi connectivity index (χ4v) is 2.50. The smallest absolute Gasteiger partial charge is 0.102 e. The van der Waals surface area contributed by atoms with Gasteiger partial charge in [-0.2, -0.15) is 5.26 Å². The van der Waals surface area contributed by atoms with Gasteiger partial charge in [-0.25, -0.2) is 0 Å². The first-order chi connectivity index (χ1) is 10.0. The van der Waals surface area contributed by atoms with Crippen LogP contribution in [0.1, 0.15) is 31.4 Å². The number of nitrogens with two attached hydrogens (primary N) is 1. The standard InChI is InChI=1S/C17H24N4/c1-13(2)16(19)7-9-20(3)11-14-12-21-8-5-4-6-17(21)15(14)10-18/h4-6,8,12-13,16H,7,9,11,19H2,1-3H3. The summed E-state index contributed by atoms with van der Waals surface area (Å²) in [5.74, 6) is 0.505. The second-order valence-electron chi connectivity index (χ2n) is 6.07. The predicted molar refractivity (Wildman–Crippen MR) is 85.9 cm³/mol. The molecule has 0 aromatic carbocycles. The van der Waals surface area contributed by atoms with E-state index in [0.717, 1.165) is 36.2 Å². The third-order valence-electron chi connectivity index (χ3n) is 4.01. The van der Waals surface area contributed by atoms with Gasteiger partial charge in [-0.05, 0) is 38.1 Å². The third-order valence-corrected chi connectivity index (χ3v) is 4.01. The van der Waals surface area contributed by atoms with Crippen LogP contribution < -0.4 is 5.73 Å². The Hall–Kier alpha value is -1.83. The fraction of sp³-hybridized carbons (Fsp3) is 0.471. The zero-order valence-electron chi connectivity index (χ0n) is 13.1. The molecule has 0 saturated heterocycles. The highest BCUT2D eigenvalue weighted by Gasteiger charge is 2.13. The Kier molecular flexibility index (Phi) is 5.00. The summed E-state index contributed by atoms with van der Waals surface area (Å²) < 4.78 is 2.02. The largest absolute Gasteiger partial charge is 0.327 e. The average Bonchev–Trinajstić information content (AvgIpc) is 2.81. The Bertz CT molecular complexity index is 636. The van der Waals surface area contributed by atoms with Crippen LogP contribution in [-0.4, -0.2) is 28.9 Å². The minimum atomic E-state index is 0.232. The molecule has 4 nitrogen and oxygen atoms in total. The maximum Gasteiger partial charge on any atom is 0.102 e. The molecule has 4 heteroatoms. The lowest BCUT2D eigenvalue weighted by Gasteiger charge is -2.21. The van der Waals surface area contributed by atoms with Gasteiger partial charge in [-0.1, -0.05) is 19.9 Å². The first-order valence-electron chi connectivity index (χ1n) is 7.45. The van der Waals surface area contributed by atoms with Crippen molar-refractivity contribution in [2.24, 2.45) is 11.7 Å². The molecule has 0 radical (unpaired) electrons. The zero-order valence-corrected chi connectivity index (χ0v) is 13.1. The van der Waals surface area contributed by atoms with Crippen molar-refractivity contribution in [2.75, 3.05) is 13.6 Å². The topological polar surface area (TPSA) is 57.5 Å². The number of rotatable bonds is 6. The number of nitrogens with zero attached hydrogens (tertiary/aromatic N) is 3. The van der Waals surface area contributed by atoms with E-state index in [2.05, 4.69) is 31.9 Å². The molecule has 112 valence electrons. The zero-order chi connectivity index (χ0) is 15.4. The van der Waals surface area contributed by atoms with Crippen molar-refractivity contribution in [2.45, 2.75) is 32.9 Å². The number of pyridine rings is 1. The number of hydrogen-bond donors (Lipinski definition) is 1. The van der Waals surface area contributed by atoms with Gasteiger partial charge in [0.15, 0.2) is 0 Å². The van der Waals surface area contributed by atoms with E-state index in [4.69, 9.17) is 5.73 Å². The third kappa shape index (κ3) is 3.63. The molecule has 0 spiro atoms. The monoisotopic (exact) mass is 284 g/mol. The van der Waals surface area contributed by atoms with E-state index in [0.29, 0.717) is 5.92 Å². The summed E-state index contributed by atoms with van der Waals surface area (Å²) >= 11 is 0. The molecule has 21 heavy (non-hydrogen) atoms. The normalized spacial score (nSPS) is 13.0. The van der Waals surface area contributed by atoms with Crippen LogP contribution >= 0.6 is 0 Å². The summed E-state index contributed by atoms with van der Waals surface area (Å²) in [4.78, 5) is 2.23. The van der Waals surface area contributed by atoms with Crippen LogP contribution in [0.3, 0.4) is 0 Å². The summed E-state index contributed by atoms with van der Waals surface area (Å²) in [5, 5.41) is 9.41. The lowest BCUT2D eigenvalue weighted by atomic mass is 10.0. The summed E-state index contributed by atoms with van der Waals surface area (Å²) in [6.07, 6.45) is 5.00. The van der Waals surface area contributed by atoms with Gasteiger partial charge in [0.25, 0.3) is 0 Å². The molecule has 2 aromatic rings. The van der Waals surface area contributed by atoms with E-state index in [1.165, 1.54) is 0 Å². The molecule has 2 heterocycles. The van der Waals surface area contributed by atoms with Crippen LogP contribution in [0.2, 0.25) is 0 Å². The van der Waals surface area contributed by atoms with Gasteiger partial charge in [-0.15, -0.1) is 0 Å². The Morgan fingerprint density at radius 1 is 1.38 bits per heavy atom. The van der Waals surface area contributed by atoms with Crippen LogP contribution in [0.4, 0.5) is 0 Å². The molecule has 1 atom stereocenters. The average molecular weight is 284 g/mol. The van der Waals surface area contributed by atoms with Gasteiger partial charge in [0, 0.05) is 30.5 Å². The highest BCUT2D eigenvalue weighted by Crippen LogP contribution is 2.19. The predicted octanol–water partition coefficient (Wildman–Crippen LogP) is 2.62. The second-order valence-corrected chi connectivity index (χ2v) is 6.07. The molecule has 2 aromatic heterocycles. The molecule has 1 unspecified atom stereocenters. The lowest BCUT2D eigenvalue weighted by molar-refractivity contribution is 0.296. The van der Waals surface area contributed by atoms with Gasteiger partial charge >= 0.3 is 0 Å². The SMILES string of the molecule is CC(C)C(N)CCN(C)Cc1cn2ccccc2c1C#N. The van der Waals surface area contributed by atoms with Gasteiger partial charge in [0.1, 0.15) is 6.07 Å². The fourth-order valence-electron chi connectivity index (χ4n) is 2.50. The van der Waals surface area contributed by atoms with E-state index in [9.17, 15) is 5.26 Å². The first-order valence-corrected chi connectivity index (χ1v) is 7.45. The van der Waals surface area contributed by atoms with E-state index < -0.39 is 0 Å². The van der Waals surface area contributed by atoms with Crippen molar-refractivity contribution in [3.05, 3.63) is 41.7 Å². The Labute approximate surface area is 126 Å². The van der Waals surface area contributed by atoms with Crippen molar-refractivity contribution < 1.29 is 0 Å². The van der Waals surface area contributed by atoms with Crippen molar-refractivity contribution in [3.8, 4) is 6.07 Å². The summed E-state index contributed by atoms with van der Waals surface area (Å²) in [7, 11) is 2.08. The first kappa shape index (κ1) is 15.6. The van der Waals surface area contributed by atoms with Crippen molar-refractivity contribution in [1.82, 2.24) is 9.30 Å². The summed E-state index contributed by atoms with van der Waals surface area (Å²) in [6, 6.07) is 8.49. The van der Waals surface area contributed by atoms with Crippen molar-refractivity contribution >= 4 is 5.52 Å². The van der Waals surface area contributed by atoms with Crippen molar-refractivity contribution in [1.29, 1.82) is 5.26 Å².